The van der Waals surface area contributed by atoms with Crippen molar-refractivity contribution in [3.05, 3.63) is 103 Å². The van der Waals surface area contributed by atoms with E-state index in [-0.39, 0.29) is 6.03 Å². The van der Waals surface area contributed by atoms with Gasteiger partial charge in [0.15, 0.2) is 0 Å². The Balaban J connectivity index is 1.24. The van der Waals surface area contributed by atoms with E-state index in [4.69, 9.17) is 9.97 Å². The summed E-state index contributed by atoms with van der Waals surface area (Å²) < 4.78 is 0. The third kappa shape index (κ3) is 3.43. The van der Waals surface area contributed by atoms with E-state index in [0.29, 0.717) is 5.92 Å². The first-order chi connectivity index (χ1) is 17.7. The summed E-state index contributed by atoms with van der Waals surface area (Å²) >= 11 is 0. The fourth-order valence-corrected chi connectivity index (χ4v) is 5.50. The van der Waals surface area contributed by atoms with Gasteiger partial charge in [0, 0.05) is 35.5 Å². The monoisotopic (exact) mass is 468 g/mol. The van der Waals surface area contributed by atoms with Gasteiger partial charge in [-0.1, -0.05) is 78.9 Å². The first-order valence-corrected chi connectivity index (χ1v) is 12.4. The van der Waals surface area contributed by atoms with Gasteiger partial charge in [0.2, 0.25) is 0 Å². The molecule has 6 aromatic rings. The molecule has 1 aromatic heterocycles. The Morgan fingerprint density at radius 3 is 2.03 bits per heavy atom. The van der Waals surface area contributed by atoms with Gasteiger partial charge in [0.05, 0.1) is 22.1 Å². The summed E-state index contributed by atoms with van der Waals surface area (Å²) in [5.74, 6) is 0.383. The minimum atomic E-state index is -0.0713. The Hall–Kier alpha value is -4.51. The third-order valence-electron chi connectivity index (χ3n) is 7.32. The molecule has 174 valence electrons. The van der Waals surface area contributed by atoms with Gasteiger partial charge >= 0.3 is 6.03 Å². The van der Waals surface area contributed by atoms with E-state index in [1.807, 2.05) is 41.3 Å². The summed E-state index contributed by atoms with van der Waals surface area (Å²) in [6.45, 7) is 1.48. The number of carbonyl (C=O) groups is 1. The predicted molar refractivity (Wildman–Crippen MR) is 146 cm³/mol. The van der Waals surface area contributed by atoms with Crippen LogP contribution in [0.5, 0.6) is 0 Å². The zero-order valence-corrected chi connectivity index (χ0v) is 19.7. The van der Waals surface area contributed by atoms with Crippen LogP contribution in [-0.2, 0) is 0 Å². The highest BCUT2D eigenvalue weighted by molar-refractivity contribution is 6.23. The van der Waals surface area contributed by atoms with E-state index < -0.39 is 0 Å². The van der Waals surface area contributed by atoms with Gasteiger partial charge < -0.3 is 10.2 Å². The first-order valence-electron chi connectivity index (χ1n) is 12.4. The minimum Gasteiger partial charge on any atom is -0.324 e. The number of nitrogens with one attached hydrogen (secondary N) is 1. The van der Waals surface area contributed by atoms with Crippen LogP contribution in [0.3, 0.4) is 0 Å². The summed E-state index contributed by atoms with van der Waals surface area (Å²) in [6.07, 6.45) is 0.980. The Morgan fingerprint density at radius 2 is 1.33 bits per heavy atom. The van der Waals surface area contributed by atoms with Crippen LogP contribution in [0.2, 0.25) is 0 Å². The molecule has 2 heterocycles. The van der Waals surface area contributed by atoms with Crippen LogP contribution >= 0.6 is 0 Å². The highest BCUT2D eigenvalue weighted by atomic mass is 16.2. The Morgan fingerprint density at radius 1 is 0.722 bits per heavy atom. The van der Waals surface area contributed by atoms with Gasteiger partial charge in [0.25, 0.3) is 0 Å². The number of nitrogens with zero attached hydrogens (tertiary/aromatic N) is 3. The standard InChI is InChI=1S/C31H24N4O/c36-31(35-17-16-21(19-35)20-8-2-1-3-9-20)32-22-14-15-27-28(18-22)34-30-26-13-7-5-11-24(26)23-10-4-6-12-25(23)29(30)33-27/h1-15,18,21H,16-17,19H2,(H,32,36)/t21-/m0/s1. The predicted octanol–water partition coefficient (Wildman–Crippen LogP) is 7.11. The maximum atomic E-state index is 13.0. The highest BCUT2D eigenvalue weighted by Crippen LogP contribution is 2.34. The molecule has 1 saturated heterocycles. The molecule has 0 aliphatic carbocycles. The van der Waals surface area contributed by atoms with Gasteiger partial charge in [-0.05, 0) is 41.0 Å². The molecule has 5 heteroatoms. The van der Waals surface area contributed by atoms with Crippen LogP contribution in [0.15, 0.2) is 97.1 Å². The second kappa shape index (κ2) is 8.31. The smallest absolute Gasteiger partial charge is 0.321 e. The van der Waals surface area contributed by atoms with Crippen LogP contribution in [0.25, 0.3) is 43.6 Å². The molecule has 5 nitrogen and oxygen atoms in total. The molecular formula is C31H24N4O. The van der Waals surface area contributed by atoms with Crippen molar-refractivity contribution in [3.63, 3.8) is 0 Å². The average Bonchev–Trinajstić information content (AvgIpc) is 3.44. The molecule has 1 atom stereocenters. The quantitative estimate of drug-likeness (QED) is 0.218. The molecule has 1 N–H and O–H groups in total. The number of rotatable bonds is 2. The van der Waals surface area contributed by atoms with E-state index in [1.165, 1.54) is 16.3 Å². The number of carbonyl (C=O) groups excluding carboxylic acids is 1. The maximum Gasteiger partial charge on any atom is 0.321 e. The summed E-state index contributed by atoms with van der Waals surface area (Å²) in [5, 5.41) is 7.61. The Labute approximate surface area is 208 Å². The summed E-state index contributed by atoms with van der Waals surface area (Å²) in [5.41, 5.74) is 5.38. The topological polar surface area (TPSA) is 58.1 Å². The Kier molecular flexibility index (Phi) is 4.81. The molecule has 0 radical (unpaired) electrons. The van der Waals surface area contributed by atoms with Crippen molar-refractivity contribution in [1.29, 1.82) is 0 Å². The van der Waals surface area contributed by atoms with E-state index in [0.717, 1.165) is 58.0 Å². The normalized spacial score (nSPS) is 15.8. The van der Waals surface area contributed by atoms with Gasteiger partial charge in [0.1, 0.15) is 0 Å². The highest BCUT2D eigenvalue weighted by Gasteiger charge is 2.27. The molecule has 5 aromatic carbocycles. The van der Waals surface area contributed by atoms with Crippen LogP contribution < -0.4 is 5.32 Å². The second-order valence-electron chi connectivity index (χ2n) is 9.49. The van der Waals surface area contributed by atoms with E-state index in [1.54, 1.807) is 0 Å². The zero-order chi connectivity index (χ0) is 24.1. The molecule has 0 unspecified atom stereocenters. The largest absolute Gasteiger partial charge is 0.324 e. The second-order valence-corrected chi connectivity index (χ2v) is 9.49. The lowest BCUT2D eigenvalue weighted by atomic mass is 9.99. The van der Waals surface area contributed by atoms with Crippen LogP contribution in [0, 0.1) is 0 Å². The SMILES string of the molecule is O=C(Nc1ccc2nc3c4ccccc4c4ccccc4c3nc2c1)N1CC[C@H](c2ccccc2)C1. The van der Waals surface area contributed by atoms with Crippen LogP contribution in [-0.4, -0.2) is 34.0 Å². The Bertz CT molecular complexity index is 1780. The fraction of sp³-hybridized carbons (Fsp3) is 0.129. The third-order valence-corrected chi connectivity index (χ3v) is 7.32. The number of fused-ring (bicyclic) bond motifs is 7. The van der Waals surface area contributed by atoms with Crippen molar-refractivity contribution >= 4 is 55.3 Å². The first kappa shape index (κ1) is 20.8. The number of hydrogen-bond acceptors (Lipinski definition) is 3. The summed E-state index contributed by atoms with van der Waals surface area (Å²) in [6, 6.07) is 32.8. The molecule has 7 rings (SSSR count). The number of benzene rings is 5. The molecule has 0 spiro atoms. The average molecular weight is 469 g/mol. The van der Waals surface area contributed by atoms with Gasteiger partial charge in [-0.15, -0.1) is 0 Å². The molecule has 2 amide bonds. The van der Waals surface area contributed by atoms with Gasteiger partial charge in [-0.3, -0.25) is 0 Å². The minimum absolute atomic E-state index is 0.0713. The molecule has 1 aliphatic rings. The molecule has 1 aliphatic heterocycles. The molecule has 0 saturated carbocycles. The summed E-state index contributed by atoms with van der Waals surface area (Å²) in [4.78, 5) is 25.0. The molecule has 0 bridgehead atoms. The van der Waals surface area contributed by atoms with Crippen LogP contribution in [0.4, 0.5) is 10.5 Å². The lowest BCUT2D eigenvalue weighted by Crippen LogP contribution is -2.32. The van der Waals surface area contributed by atoms with E-state index in [9.17, 15) is 4.79 Å². The number of aromatic nitrogens is 2. The van der Waals surface area contributed by atoms with Crippen molar-refractivity contribution < 1.29 is 4.79 Å². The van der Waals surface area contributed by atoms with E-state index in [2.05, 4.69) is 66.0 Å². The molecule has 1 fully saturated rings. The zero-order valence-electron chi connectivity index (χ0n) is 19.7. The number of anilines is 1. The van der Waals surface area contributed by atoms with Crippen molar-refractivity contribution in [1.82, 2.24) is 14.9 Å². The maximum absolute atomic E-state index is 13.0. The number of hydrogen-bond donors (Lipinski definition) is 1. The lowest BCUT2D eigenvalue weighted by Gasteiger charge is -2.18. The molecular weight excluding hydrogens is 444 g/mol. The van der Waals surface area contributed by atoms with Crippen molar-refractivity contribution in [2.75, 3.05) is 18.4 Å². The van der Waals surface area contributed by atoms with Crippen molar-refractivity contribution in [2.24, 2.45) is 0 Å². The number of amides is 2. The summed E-state index contributed by atoms with van der Waals surface area (Å²) in [7, 11) is 0. The van der Waals surface area contributed by atoms with Gasteiger partial charge in [-0.25, -0.2) is 14.8 Å². The van der Waals surface area contributed by atoms with Gasteiger partial charge in [-0.2, -0.15) is 0 Å². The van der Waals surface area contributed by atoms with Crippen molar-refractivity contribution in [3.8, 4) is 0 Å². The number of likely N-dealkylation sites (tertiary alicyclic amines) is 1. The number of urea groups is 1. The lowest BCUT2D eigenvalue weighted by molar-refractivity contribution is 0.222. The fourth-order valence-electron chi connectivity index (χ4n) is 5.50. The van der Waals surface area contributed by atoms with Crippen LogP contribution in [0.1, 0.15) is 17.9 Å². The van der Waals surface area contributed by atoms with Crippen molar-refractivity contribution in [2.45, 2.75) is 12.3 Å². The molecule has 36 heavy (non-hydrogen) atoms. The van der Waals surface area contributed by atoms with E-state index >= 15 is 0 Å².